The minimum Gasteiger partial charge on any atom is -0.314 e. The summed E-state index contributed by atoms with van der Waals surface area (Å²) in [6.07, 6.45) is 1.01. The fourth-order valence-electron chi connectivity index (χ4n) is 4.10. The normalized spacial score (nSPS) is 22.9. The SMILES string of the molecule is CCc1cc(C)c2c(c1)C1CNCC1N(c1ccccc1)C2=O. The lowest BCUT2D eigenvalue weighted by Crippen LogP contribution is -2.48. The van der Waals surface area contributed by atoms with Crippen molar-refractivity contribution in [3.63, 3.8) is 0 Å². The van der Waals surface area contributed by atoms with Crippen LogP contribution in [0.3, 0.4) is 0 Å². The number of anilines is 1. The fraction of sp³-hybridized carbons (Fsp3) is 0.350. The van der Waals surface area contributed by atoms with Crippen LogP contribution in [0.4, 0.5) is 5.69 Å². The maximum atomic E-state index is 13.3. The summed E-state index contributed by atoms with van der Waals surface area (Å²) in [7, 11) is 0. The van der Waals surface area contributed by atoms with E-state index < -0.39 is 0 Å². The second kappa shape index (κ2) is 5.50. The first kappa shape index (κ1) is 14.5. The highest BCUT2D eigenvalue weighted by Crippen LogP contribution is 2.39. The molecular weight excluding hydrogens is 284 g/mol. The lowest BCUT2D eigenvalue weighted by Gasteiger charge is -2.39. The van der Waals surface area contributed by atoms with E-state index >= 15 is 0 Å². The molecule has 2 aromatic rings. The smallest absolute Gasteiger partial charge is 0.259 e. The summed E-state index contributed by atoms with van der Waals surface area (Å²) in [4.78, 5) is 15.3. The molecule has 0 radical (unpaired) electrons. The van der Waals surface area contributed by atoms with Crippen molar-refractivity contribution < 1.29 is 4.79 Å². The summed E-state index contributed by atoms with van der Waals surface area (Å²) in [5, 5.41) is 3.49. The van der Waals surface area contributed by atoms with Gasteiger partial charge in [-0.2, -0.15) is 0 Å². The van der Waals surface area contributed by atoms with Crippen LogP contribution < -0.4 is 10.2 Å². The molecule has 1 N–H and O–H groups in total. The van der Waals surface area contributed by atoms with Gasteiger partial charge in [-0.05, 0) is 42.2 Å². The summed E-state index contributed by atoms with van der Waals surface area (Å²) < 4.78 is 0. The predicted molar refractivity (Wildman–Crippen MR) is 93.2 cm³/mol. The first-order valence-electron chi connectivity index (χ1n) is 8.43. The zero-order chi connectivity index (χ0) is 16.0. The van der Waals surface area contributed by atoms with Gasteiger partial charge in [0.25, 0.3) is 5.91 Å². The maximum Gasteiger partial charge on any atom is 0.259 e. The van der Waals surface area contributed by atoms with Gasteiger partial charge in [-0.15, -0.1) is 0 Å². The molecule has 3 heteroatoms. The molecule has 1 saturated heterocycles. The van der Waals surface area contributed by atoms with Crippen LogP contribution in [0.1, 0.15) is 39.9 Å². The highest BCUT2D eigenvalue weighted by atomic mass is 16.2. The number of nitrogens with one attached hydrogen (secondary N) is 1. The van der Waals surface area contributed by atoms with Gasteiger partial charge in [0.2, 0.25) is 0 Å². The van der Waals surface area contributed by atoms with Crippen molar-refractivity contribution in [3.05, 3.63) is 64.7 Å². The van der Waals surface area contributed by atoms with E-state index in [0.717, 1.165) is 36.3 Å². The Morgan fingerprint density at radius 2 is 1.96 bits per heavy atom. The highest BCUT2D eigenvalue weighted by molar-refractivity contribution is 6.10. The third-order valence-corrected chi connectivity index (χ3v) is 5.21. The van der Waals surface area contributed by atoms with Crippen molar-refractivity contribution >= 4 is 11.6 Å². The molecular formula is C20H22N2O. The Morgan fingerprint density at radius 3 is 2.70 bits per heavy atom. The number of carbonyl (C=O) groups is 1. The van der Waals surface area contributed by atoms with Crippen LogP contribution in [0.15, 0.2) is 42.5 Å². The molecule has 4 rings (SSSR count). The standard InChI is InChI=1S/C20H22N2O/c1-3-14-9-13(2)19-16(10-14)17-11-21-12-18(17)22(20(19)23)15-7-5-4-6-8-15/h4-10,17-18,21H,3,11-12H2,1-2H3. The summed E-state index contributed by atoms with van der Waals surface area (Å²) >= 11 is 0. The lowest BCUT2D eigenvalue weighted by atomic mass is 9.81. The van der Waals surface area contributed by atoms with Gasteiger partial charge >= 0.3 is 0 Å². The molecule has 2 heterocycles. The van der Waals surface area contributed by atoms with E-state index in [0.29, 0.717) is 5.92 Å². The molecule has 0 aliphatic carbocycles. The highest BCUT2D eigenvalue weighted by Gasteiger charge is 2.43. The third kappa shape index (κ3) is 2.19. The van der Waals surface area contributed by atoms with Crippen LogP contribution in [0.5, 0.6) is 0 Å². The van der Waals surface area contributed by atoms with Crippen molar-refractivity contribution in [2.75, 3.05) is 18.0 Å². The Morgan fingerprint density at radius 1 is 1.17 bits per heavy atom. The number of amides is 1. The maximum absolute atomic E-state index is 13.3. The van der Waals surface area contributed by atoms with Gasteiger partial charge in [-0.25, -0.2) is 0 Å². The van der Waals surface area contributed by atoms with Crippen molar-refractivity contribution in [1.29, 1.82) is 0 Å². The van der Waals surface area contributed by atoms with Crippen LogP contribution in [0.2, 0.25) is 0 Å². The van der Waals surface area contributed by atoms with Crippen molar-refractivity contribution in [3.8, 4) is 0 Å². The second-order valence-electron chi connectivity index (χ2n) is 6.57. The first-order chi connectivity index (χ1) is 11.2. The van der Waals surface area contributed by atoms with E-state index in [4.69, 9.17) is 0 Å². The molecule has 2 aliphatic rings. The minimum absolute atomic E-state index is 0.149. The number of benzene rings is 2. The topological polar surface area (TPSA) is 32.3 Å². The van der Waals surface area contributed by atoms with E-state index in [-0.39, 0.29) is 11.9 Å². The molecule has 1 fully saturated rings. The van der Waals surface area contributed by atoms with Gasteiger partial charge in [-0.3, -0.25) is 4.79 Å². The number of hydrogen-bond donors (Lipinski definition) is 1. The largest absolute Gasteiger partial charge is 0.314 e. The molecule has 2 atom stereocenters. The lowest BCUT2D eigenvalue weighted by molar-refractivity contribution is 0.0965. The van der Waals surface area contributed by atoms with Crippen LogP contribution in [-0.2, 0) is 6.42 Å². The Kier molecular flexibility index (Phi) is 3.46. The number of carbonyl (C=O) groups excluding carboxylic acids is 1. The van der Waals surface area contributed by atoms with Gasteiger partial charge in [0.15, 0.2) is 0 Å². The Bertz CT molecular complexity index is 754. The molecule has 0 aromatic heterocycles. The molecule has 23 heavy (non-hydrogen) atoms. The quantitative estimate of drug-likeness (QED) is 0.923. The third-order valence-electron chi connectivity index (χ3n) is 5.21. The number of hydrogen-bond acceptors (Lipinski definition) is 2. The van der Waals surface area contributed by atoms with Gasteiger partial charge in [0, 0.05) is 30.3 Å². The number of rotatable bonds is 2. The van der Waals surface area contributed by atoms with Gasteiger partial charge in [0.05, 0.1) is 6.04 Å². The van der Waals surface area contributed by atoms with Gasteiger partial charge < -0.3 is 10.2 Å². The molecule has 118 valence electrons. The van der Waals surface area contributed by atoms with E-state index in [1.54, 1.807) is 0 Å². The fourth-order valence-corrected chi connectivity index (χ4v) is 4.10. The Labute approximate surface area is 137 Å². The number of aryl methyl sites for hydroxylation is 2. The Hall–Kier alpha value is -2.13. The van der Waals surface area contributed by atoms with E-state index in [9.17, 15) is 4.79 Å². The van der Waals surface area contributed by atoms with Crippen LogP contribution in [-0.4, -0.2) is 25.0 Å². The van der Waals surface area contributed by atoms with Crippen LogP contribution in [0.25, 0.3) is 0 Å². The molecule has 3 nitrogen and oxygen atoms in total. The monoisotopic (exact) mass is 306 g/mol. The van der Waals surface area contributed by atoms with Gasteiger partial charge in [0.1, 0.15) is 0 Å². The zero-order valence-corrected chi connectivity index (χ0v) is 13.7. The molecule has 2 aliphatic heterocycles. The van der Waals surface area contributed by atoms with Crippen molar-refractivity contribution in [1.82, 2.24) is 5.32 Å². The summed E-state index contributed by atoms with van der Waals surface area (Å²) in [6.45, 7) is 6.05. The molecule has 1 amide bonds. The van der Waals surface area contributed by atoms with Gasteiger partial charge in [-0.1, -0.05) is 37.3 Å². The Balaban J connectivity index is 1.90. The molecule has 2 aromatic carbocycles. The van der Waals surface area contributed by atoms with E-state index in [2.05, 4.69) is 31.3 Å². The molecule has 0 saturated carbocycles. The van der Waals surface area contributed by atoms with E-state index in [1.807, 2.05) is 35.2 Å². The van der Waals surface area contributed by atoms with Crippen LogP contribution >= 0.6 is 0 Å². The predicted octanol–water partition coefficient (Wildman–Crippen LogP) is 3.27. The van der Waals surface area contributed by atoms with Crippen LogP contribution in [0, 0.1) is 6.92 Å². The van der Waals surface area contributed by atoms with E-state index in [1.165, 1.54) is 11.1 Å². The summed E-state index contributed by atoms with van der Waals surface area (Å²) in [6, 6.07) is 14.7. The zero-order valence-electron chi connectivity index (χ0n) is 13.7. The average Bonchev–Trinajstić information content (AvgIpc) is 3.04. The molecule has 2 unspecified atom stereocenters. The minimum atomic E-state index is 0.149. The first-order valence-corrected chi connectivity index (χ1v) is 8.43. The summed E-state index contributed by atoms with van der Waals surface area (Å²) in [5.74, 6) is 0.532. The molecule has 0 bridgehead atoms. The van der Waals surface area contributed by atoms with Crippen molar-refractivity contribution in [2.24, 2.45) is 0 Å². The van der Waals surface area contributed by atoms with Crippen molar-refractivity contribution in [2.45, 2.75) is 32.2 Å². The number of para-hydroxylation sites is 1. The second-order valence-corrected chi connectivity index (χ2v) is 6.57. The average molecular weight is 306 g/mol. The summed E-state index contributed by atoms with van der Waals surface area (Å²) in [5.41, 5.74) is 5.59. The number of nitrogens with zero attached hydrogens (tertiary/aromatic N) is 1. The molecule has 0 spiro atoms. The number of fused-ring (bicyclic) bond motifs is 3.